The second-order valence-corrected chi connectivity index (χ2v) is 3.20. The number of ether oxygens (including phenoxy) is 1. The highest BCUT2D eigenvalue weighted by Crippen LogP contribution is 2.21. The number of hydrogen-bond donors (Lipinski definition) is 2. The van der Waals surface area contributed by atoms with Crippen molar-refractivity contribution in [2.45, 2.75) is 20.0 Å². The van der Waals surface area contributed by atoms with E-state index >= 15 is 0 Å². The first kappa shape index (κ1) is 11.0. The molecule has 0 radical (unpaired) electrons. The highest BCUT2D eigenvalue weighted by molar-refractivity contribution is 5.36. The topological polar surface area (TPSA) is 55.5 Å². The number of nitrogens with two attached hydrogens (primary N) is 1. The summed E-state index contributed by atoms with van der Waals surface area (Å²) < 4.78 is 5.34. The Morgan fingerprint density at radius 1 is 1.50 bits per heavy atom. The van der Waals surface area contributed by atoms with E-state index < -0.39 is 6.10 Å². The summed E-state index contributed by atoms with van der Waals surface area (Å²) in [7, 11) is 0. The van der Waals surface area contributed by atoms with Crippen LogP contribution >= 0.6 is 0 Å². The molecule has 1 rings (SSSR count). The lowest BCUT2D eigenvalue weighted by atomic mass is 10.0. The third-order valence-corrected chi connectivity index (χ3v) is 2.13. The Kier molecular flexibility index (Phi) is 3.92. The first-order valence-corrected chi connectivity index (χ1v) is 4.80. The van der Waals surface area contributed by atoms with Crippen LogP contribution < -0.4 is 10.5 Å². The summed E-state index contributed by atoms with van der Waals surface area (Å²) >= 11 is 0. The Morgan fingerprint density at radius 3 is 2.71 bits per heavy atom. The maximum absolute atomic E-state index is 9.57. The van der Waals surface area contributed by atoms with Gasteiger partial charge in [-0.15, -0.1) is 0 Å². The molecular weight excluding hydrogens is 178 g/mol. The number of hydrogen-bond acceptors (Lipinski definition) is 3. The smallest absolute Gasteiger partial charge is 0.119 e. The lowest BCUT2D eigenvalue weighted by Gasteiger charge is -2.12. The van der Waals surface area contributed by atoms with Crippen molar-refractivity contribution in [3.8, 4) is 5.75 Å². The van der Waals surface area contributed by atoms with Crippen molar-refractivity contribution in [3.05, 3.63) is 29.3 Å². The third kappa shape index (κ3) is 2.47. The lowest BCUT2D eigenvalue weighted by molar-refractivity contribution is 0.186. The van der Waals surface area contributed by atoms with Crippen LogP contribution in [0.1, 0.15) is 24.2 Å². The van der Waals surface area contributed by atoms with E-state index in [1.54, 1.807) is 0 Å². The third-order valence-electron chi connectivity index (χ3n) is 2.13. The van der Waals surface area contributed by atoms with Crippen LogP contribution in [0.5, 0.6) is 5.75 Å². The minimum Gasteiger partial charge on any atom is -0.494 e. The second kappa shape index (κ2) is 4.98. The van der Waals surface area contributed by atoms with E-state index in [1.807, 2.05) is 32.0 Å². The molecule has 0 aliphatic heterocycles. The van der Waals surface area contributed by atoms with Crippen LogP contribution in [0.25, 0.3) is 0 Å². The highest BCUT2D eigenvalue weighted by Gasteiger charge is 2.08. The zero-order valence-electron chi connectivity index (χ0n) is 8.66. The molecule has 14 heavy (non-hydrogen) atoms. The Bertz CT molecular complexity index is 299. The molecule has 0 aliphatic rings. The van der Waals surface area contributed by atoms with Gasteiger partial charge in [-0.1, -0.05) is 6.07 Å². The van der Waals surface area contributed by atoms with Gasteiger partial charge in [0.25, 0.3) is 0 Å². The molecule has 0 saturated heterocycles. The fourth-order valence-electron chi connectivity index (χ4n) is 1.41. The fourth-order valence-corrected chi connectivity index (χ4v) is 1.41. The summed E-state index contributed by atoms with van der Waals surface area (Å²) in [6.45, 7) is 4.78. The summed E-state index contributed by atoms with van der Waals surface area (Å²) in [6.07, 6.45) is -0.578. The lowest BCUT2D eigenvalue weighted by Crippen LogP contribution is -2.12. The summed E-state index contributed by atoms with van der Waals surface area (Å²) in [5, 5.41) is 9.57. The monoisotopic (exact) mass is 195 g/mol. The van der Waals surface area contributed by atoms with Gasteiger partial charge in [0.05, 0.1) is 12.7 Å². The Hall–Kier alpha value is -1.06. The van der Waals surface area contributed by atoms with Crippen LogP contribution in [0.15, 0.2) is 18.2 Å². The Morgan fingerprint density at radius 2 is 2.21 bits per heavy atom. The average molecular weight is 195 g/mol. The maximum Gasteiger partial charge on any atom is 0.119 e. The summed E-state index contributed by atoms with van der Waals surface area (Å²) in [4.78, 5) is 0. The molecule has 1 aromatic carbocycles. The van der Waals surface area contributed by atoms with Gasteiger partial charge in [-0.3, -0.25) is 0 Å². The van der Waals surface area contributed by atoms with Gasteiger partial charge in [-0.2, -0.15) is 0 Å². The molecule has 1 aromatic rings. The van der Waals surface area contributed by atoms with Crippen LogP contribution in [0.2, 0.25) is 0 Å². The molecule has 3 N–H and O–H groups in total. The SMILES string of the molecule is CCOc1ccc(C(O)CN)c(C)c1. The van der Waals surface area contributed by atoms with Gasteiger partial charge in [0, 0.05) is 6.54 Å². The van der Waals surface area contributed by atoms with Crippen molar-refractivity contribution in [2.75, 3.05) is 13.2 Å². The molecule has 0 heterocycles. The first-order chi connectivity index (χ1) is 6.69. The normalized spacial score (nSPS) is 12.6. The van der Waals surface area contributed by atoms with E-state index in [9.17, 15) is 5.11 Å². The van der Waals surface area contributed by atoms with E-state index in [4.69, 9.17) is 10.5 Å². The predicted octanol–water partition coefficient (Wildman–Crippen LogP) is 1.39. The molecule has 0 aromatic heterocycles. The molecule has 0 saturated carbocycles. The van der Waals surface area contributed by atoms with Crippen LogP contribution in [0.3, 0.4) is 0 Å². The van der Waals surface area contributed by atoms with Crippen molar-refractivity contribution in [1.82, 2.24) is 0 Å². The molecule has 0 aliphatic carbocycles. The minimum absolute atomic E-state index is 0.245. The van der Waals surface area contributed by atoms with Gasteiger partial charge in [-0.25, -0.2) is 0 Å². The molecule has 3 nitrogen and oxygen atoms in total. The van der Waals surface area contributed by atoms with Gasteiger partial charge in [0.1, 0.15) is 5.75 Å². The Labute approximate surface area is 84.5 Å². The van der Waals surface area contributed by atoms with Crippen molar-refractivity contribution in [2.24, 2.45) is 5.73 Å². The van der Waals surface area contributed by atoms with Crippen molar-refractivity contribution in [3.63, 3.8) is 0 Å². The maximum atomic E-state index is 9.57. The van der Waals surface area contributed by atoms with Crippen molar-refractivity contribution in [1.29, 1.82) is 0 Å². The van der Waals surface area contributed by atoms with Crippen LogP contribution in [0.4, 0.5) is 0 Å². The number of aliphatic hydroxyl groups excluding tert-OH is 1. The molecule has 0 spiro atoms. The number of benzene rings is 1. The molecule has 0 bridgehead atoms. The van der Waals surface area contributed by atoms with Crippen LogP contribution in [-0.4, -0.2) is 18.3 Å². The molecular formula is C11H17NO2. The highest BCUT2D eigenvalue weighted by atomic mass is 16.5. The average Bonchev–Trinajstić information content (AvgIpc) is 2.17. The van der Waals surface area contributed by atoms with Gasteiger partial charge in [0.2, 0.25) is 0 Å². The van der Waals surface area contributed by atoms with Crippen molar-refractivity contribution < 1.29 is 9.84 Å². The van der Waals surface area contributed by atoms with E-state index in [-0.39, 0.29) is 6.54 Å². The zero-order valence-corrected chi connectivity index (χ0v) is 8.66. The van der Waals surface area contributed by atoms with E-state index in [2.05, 4.69) is 0 Å². The summed E-state index contributed by atoms with van der Waals surface area (Å²) in [5.41, 5.74) is 7.27. The predicted molar refractivity (Wildman–Crippen MR) is 56.4 cm³/mol. The zero-order chi connectivity index (χ0) is 10.6. The van der Waals surface area contributed by atoms with E-state index in [0.717, 1.165) is 16.9 Å². The standard InChI is InChI=1S/C11H17NO2/c1-3-14-9-4-5-10(8(2)6-9)11(13)7-12/h4-6,11,13H,3,7,12H2,1-2H3. The van der Waals surface area contributed by atoms with Gasteiger partial charge >= 0.3 is 0 Å². The first-order valence-electron chi connectivity index (χ1n) is 4.80. The molecule has 3 heteroatoms. The summed E-state index contributed by atoms with van der Waals surface area (Å²) in [6, 6.07) is 5.63. The van der Waals surface area contributed by atoms with Gasteiger partial charge < -0.3 is 15.6 Å². The van der Waals surface area contributed by atoms with Gasteiger partial charge in [0.15, 0.2) is 0 Å². The number of aliphatic hydroxyl groups is 1. The quantitative estimate of drug-likeness (QED) is 0.763. The molecule has 1 atom stereocenters. The largest absolute Gasteiger partial charge is 0.494 e. The molecule has 0 amide bonds. The number of aryl methyl sites for hydroxylation is 1. The van der Waals surface area contributed by atoms with E-state index in [0.29, 0.717) is 6.61 Å². The van der Waals surface area contributed by atoms with E-state index in [1.165, 1.54) is 0 Å². The molecule has 0 fully saturated rings. The summed E-state index contributed by atoms with van der Waals surface area (Å²) in [5.74, 6) is 0.831. The van der Waals surface area contributed by atoms with Gasteiger partial charge in [-0.05, 0) is 37.1 Å². The fraction of sp³-hybridized carbons (Fsp3) is 0.455. The molecule has 1 unspecified atom stereocenters. The number of rotatable bonds is 4. The van der Waals surface area contributed by atoms with Crippen LogP contribution in [0, 0.1) is 6.92 Å². The second-order valence-electron chi connectivity index (χ2n) is 3.20. The van der Waals surface area contributed by atoms with Crippen LogP contribution in [-0.2, 0) is 0 Å². The van der Waals surface area contributed by atoms with Crippen molar-refractivity contribution >= 4 is 0 Å². The molecule has 78 valence electrons. The minimum atomic E-state index is -0.578. The Balaban J connectivity index is 2.89.